The SMILES string of the molecule is CC(=O)O[Si](C)(OC(C)=O)c1ccc2c(c1)COC1(CCCCC1)O2. The number of rotatable bonds is 3. The van der Waals surface area contributed by atoms with Crippen LogP contribution in [0.25, 0.3) is 0 Å². The fourth-order valence-corrected chi connectivity index (χ4v) is 5.73. The van der Waals surface area contributed by atoms with Crippen LogP contribution in [0.5, 0.6) is 5.75 Å². The molecule has 1 aromatic carbocycles. The molecule has 7 heteroatoms. The molecule has 0 saturated heterocycles. The quantitative estimate of drug-likeness (QED) is 0.768. The molecule has 2 aliphatic rings. The van der Waals surface area contributed by atoms with Crippen LogP contribution in [0.15, 0.2) is 18.2 Å². The summed E-state index contributed by atoms with van der Waals surface area (Å²) in [7, 11) is -3.17. The maximum atomic E-state index is 11.5. The first-order valence-corrected chi connectivity index (χ1v) is 11.0. The van der Waals surface area contributed by atoms with Crippen molar-refractivity contribution in [3.63, 3.8) is 0 Å². The van der Waals surface area contributed by atoms with Crippen molar-refractivity contribution in [2.45, 2.75) is 64.9 Å². The predicted octanol–water partition coefficient (Wildman–Crippen LogP) is 2.66. The molecule has 1 aliphatic heterocycles. The summed E-state index contributed by atoms with van der Waals surface area (Å²) in [5.74, 6) is -0.651. The molecular weight excluding hydrogens is 340 g/mol. The minimum atomic E-state index is -3.17. The Bertz CT molecular complexity index is 664. The van der Waals surface area contributed by atoms with Gasteiger partial charge in [-0.2, -0.15) is 0 Å². The van der Waals surface area contributed by atoms with Crippen molar-refractivity contribution < 1.29 is 27.9 Å². The largest absolute Gasteiger partial charge is 0.496 e. The van der Waals surface area contributed by atoms with Gasteiger partial charge in [0.15, 0.2) is 0 Å². The van der Waals surface area contributed by atoms with E-state index in [1.54, 1.807) is 6.55 Å². The molecule has 1 saturated carbocycles. The Morgan fingerprint density at radius 1 is 1.08 bits per heavy atom. The molecule has 1 spiro atoms. The lowest BCUT2D eigenvalue weighted by atomic mass is 9.93. The summed E-state index contributed by atoms with van der Waals surface area (Å²) < 4.78 is 23.0. The van der Waals surface area contributed by atoms with Crippen molar-refractivity contribution in [1.82, 2.24) is 0 Å². The summed E-state index contributed by atoms with van der Waals surface area (Å²) in [6.07, 6.45) is 5.24. The first kappa shape index (κ1) is 17.9. The second-order valence-electron chi connectivity index (χ2n) is 6.82. The molecule has 25 heavy (non-hydrogen) atoms. The molecule has 0 atom stereocenters. The molecule has 0 aromatic heterocycles. The normalized spacial score (nSPS) is 18.8. The molecular formula is C18H24O6Si. The smallest absolute Gasteiger partial charge is 0.482 e. The third-order valence-corrected chi connectivity index (χ3v) is 7.38. The van der Waals surface area contributed by atoms with Crippen molar-refractivity contribution >= 4 is 25.7 Å². The van der Waals surface area contributed by atoms with Crippen LogP contribution in [0, 0.1) is 0 Å². The van der Waals surface area contributed by atoms with Gasteiger partial charge < -0.3 is 18.3 Å². The monoisotopic (exact) mass is 364 g/mol. The van der Waals surface area contributed by atoms with E-state index in [0.717, 1.165) is 37.0 Å². The van der Waals surface area contributed by atoms with E-state index in [0.29, 0.717) is 11.8 Å². The molecule has 1 aromatic rings. The number of benzene rings is 1. The van der Waals surface area contributed by atoms with Crippen LogP contribution in [-0.2, 0) is 29.8 Å². The molecule has 3 rings (SSSR count). The van der Waals surface area contributed by atoms with Gasteiger partial charge in [-0.05, 0) is 25.0 Å². The highest BCUT2D eigenvalue weighted by Crippen LogP contribution is 2.39. The number of hydrogen-bond acceptors (Lipinski definition) is 6. The van der Waals surface area contributed by atoms with Crippen LogP contribution in [0.3, 0.4) is 0 Å². The molecule has 0 bridgehead atoms. The Balaban J connectivity index is 1.87. The summed E-state index contributed by atoms with van der Waals surface area (Å²) in [5.41, 5.74) is 0.881. The molecule has 1 heterocycles. The van der Waals surface area contributed by atoms with Crippen LogP contribution >= 0.6 is 0 Å². The van der Waals surface area contributed by atoms with Crippen molar-refractivity contribution in [3.8, 4) is 5.75 Å². The Hall–Kier alpha value is -1.86. The minimum Gasteiger partial charge on any atom is -0.482 e. The van der Waals surface area contributed by atoms with Crippen LogP contribution in [0.2, 0.25) is 6.55 Å². The van der Waals surface area contributed by atoms with Crippen LogP contribution in [-0.4, -0.2) is 26.3 Å². The van der Waals surface area contributed by atoms with E-state index in [4.69, 9.17) is 18.3 Å². The van der Waals surface area contributed by atoms with Gasteiger partial charge in [0.05, 0.1) is 6.61 Å². The standard InChI is InChI=1S/C18H24O6Si/c1-13(19)23-25(3,24-14(2)20)16-7-8-17-15(11-16)12-21-18(22-17)9-5-4-6-10-18/h7-8,11H,4-6,9-10,12H2,1-3H3. The van der Waals surface area contributed by atoms with E-state index >= 15 is 0 Å². The van der Waals surface area contributed by atoms with E-state index < -0.39 is 26.3 Å². The summed E-state index contributed by atoms with van der Waals surface area (Å²) >= 11 is 0. The van der Waals surface area contributed by atoms with Gasteiger partial charge in [0, 0.05) is 44.0 Å². The second kappa shape index (κ2) is 6.80. The second-order valence-corrected chi connectivity index (χ2v) is 9.69. The van der Waals surface area contributed by atoms with Gasteiger partial charge in [0.2, 0.25) is 5.79 Å². The number of carbonyl (C=O) groups excluding carboxylic acids is 2. The van der Waals surface area contributed by atoms with Gasteiger partial charge in [-0.3, -0.25) is 9.59 Å². The fraction of sp³-hybridized carbons (Fsp3) is 0.556. The molecule has 1 fully saturated rings. The van der Waals surface area contributed by atoms with Crippen LogP contribution in [0.1, 0.15) is 51.5 Å². The van der Waals surface area contributed by atoms with Crippen molar-refractivity contribution in [2.75, 3.05) is 0 Å². The summed E-state index contributed by atoms with van der Waals surface area (Å²) in [5, 5.41) is 0.698. The van der Waals surface area contributed by atoms with Crippen molar-refractivity contribution in [1.29, 1.82) is 0 Å². The molecule has 0 unspecified atom stereocenters. The lowest BCUT2D eigenvalue weighted by Crippen LogP contribution is -2.53. The minimum absolute atomic E-state index is 0.438. The van der Waals surface area contributed by atoms with Gasteiger partial charge in [0.25, 0.3) is 11.9 Å². The van der Waals surface area contributed by atoms with E-state index in [9.17, 15) is 9.59 Å². The van der Waals surface area contributed by atoms with Crippen molar-refractivity contribution in [2.24, 2.45) is 0 Å². The lowest BCUT2D eigenvalue weighted by molar-refractivity contribution is -0.222. The number of ether oxygens (including phenoxy) is 2. The van der Waals surface area contributed by atoms with Gasteiger partial charge in [-0.25, -0.2) is 0 Å². The summed E-state index contributed by atoms with van der Waals surface area (Å²) in [6, 6.07) is 5.55. The predicted molar refractivity (Wildman–Crippen MR) is 92.5 cm³/mol. The molecule has 136 valence electrons. The first-order chi connectivity index (χ1) is 11.8. The van der Waals surface area contributed by atoms with E-state index in [1.807, 2.05) is 18.2 Å². The zero-order valence-electron chi connectivity index (χ0n) is 14.9. The fourth-order valence-electron chi connectivity index (χ4n) is 3.54. The number of carbonyl (C=O) groups is 2. The molecule has 0 N–H and O–H groups in total. The lowest BCUT2D eigenvalue weighted by Gasteiger charge is -2.41. The maximum Gasteiger partial charge on any atom is 0.496 e. The molecule has 0 radical (unpaired) electrons. The van der Waals surface area contributed by atoms with Crippen molar-refractivity contribution in [3.05, 3.63) is 23.8 Å². The third kappa shape index (κ3) is 3.87. The molecule has 1 aliphatic carbocycles. The Kier molecular flexibility index (Phi) is 4.88. The number of fused-ring (bicyclic) bond motifs is 1. The highest BCUT2D eigenvalue weighted by molar-refractivity contribution is 6.82. The van der Waals surface area contributed by atoms with E-state index in [1.165, 1.54) is 20.3 Å². The Morgan fingerprint density at radius 3 is 2.32 bits per heavy atom. The van der Waals surface area contributed by atoms with E-state index in [-0.39, 0.29) is 0 Å². The highest BCUT2D eigenvalue weighted by Gasteiger charge is 2.43. The molecule has 6 nitrogen and oxygen atoms in total. The van der Waals surface area contributed by atoms with E-state index in [2.05, 4.69) is 0 Å². The zero-order chi connectivity index (χ0) is 18.1. The van der Waals surface area contributed by atoms with Gasteiger partial charge >= 0.3 is 8.56 Å². The summed E-state index contributed by atoms with van der Waals surface area (Å²) in [6.45, 7) is 4.75. The Morgan fingerprint density at radius 2 is 1.72 bits per heavy atom. The average molecular weight is 364 g/mol. The van der Waals surface area contributed by atoms with Gasteiger partial charge in [-0.1, -0.05) is 12.5 Å². The highest BCUT2D eigenvalue weighted by atomic mass is 28.4. The van der Waals surface area contributed by atoms with Gasteiger partial charge in [-0.15, -0.1) is 0 Å². The maximum absolute atomic E-state index is 11.5. The topological polar surface area (TPSA) is 71.1 Å². The first-order valence-electron chi connectivity index (χ1n) is 8.67. The molecule has 0 amide bonds. The van der Waals surface area contributed by atoms with Gasteiger partial charge in [0.1, 0.15) is 5.75 Å². The third-order valence-electron chi connectivity index (χ3n) is 4.66. The number of hydrogen-bond donors (Lipinski definition) is 0. The average Bonchev–Trinajstić information content (AvgIpc) is 2.53. The Labute approximate surface area is 148 Å². The van der Waals surface area contributed by atoms with Crippen LogP contribution < -0.4 is 9.92 Å². The zero-order valence-corrected chi connectivity index (χ0v) is 15.9. The van der Waals surface area contributed by atoms with Crippen LogP contribution in [0.4, 0.5) is 0 Å². The summed E-state index contributed by atoms with van der Waals surface area (Å²) in [4.78, 5) is 23.0.